The van der Waals surface area contributed by atoms with Gasteiger partial charge in [-0.1, -0.05) is 6.07 Å². The Morgan fingerprint density at radius 3 is 2.72 bits per heavy atom. The molecule has 1 saturated heterocycles. The van der Waals surface area contributed by atoms with Gasteiger partial charge in [0.1, 0.15) is 0 Å². The zero-order valence-electron chi connectivity index (χ0n) is 10.8. The summed E-state index contributed by atoms with van der Waals surface area (Å²) in [5, 5.41) is 6.43. The third-order valence-corrected chi connectivity index (χ3v) is 3.16. The molecular formula is C13H19N3O2. The minimum atomic E-state index is -0.309. The maximum atomic E-state index is 11.7. The molecule has 0 radical (unpaired) electrons. The lowest BCUT2D eigenvalue weighted by Gasteiger charge is -2.31. The van der Waals surface area contributed by atoms with Crippen LogP contribution in [0, 0.1) is 0 Å². The molecule has 1 heterocycles. The molecule has 1 aromatic carbocycles. The first-order chi connectivity index (χ1) is 8.77. The van der Waals surface area contributed by atoms with Crippen LogP contribution in [0.15, 0.2) is 18.2 Å². The number of hydrogen-bond acceptors (Lipinski definition) is 5. The van der Waals surface area contributed by atoms with Gasteiger partial charge in [-0.2, -0.15) is 0 Å². The molecule has 2 N–H and O–H groups in total. The van der Waals surface area contributed by atoms with Gasteiger partial charge in [0, 0.05) is 33.2 Å². The lowest BCUT2D eigenvalue weighted by atomic mass is 10.1. The highest BCUT2D eigenvalue weighted by molar-refractivity contribution is 5.99. The van der Waals surface area contributed by atoms with E-state index in [0.717, 1.165) is 37.6 Å². The summed E-state index contributed by atoms with van der Waals surface area (Å²) in [7, 11) is 3.23. The molecule has 0 bridgehead atoms. The average molecular weight is 249 g/mol. The van der Waals surface area contributed by atoms with Crippen molar-refractivity contribution in [2.24, 2.45) is 0 Å². The molecule has 1 aliphatic rings. The van der Waals surface area contributed by atoms with E-state index in [1.165, 1.54) is 7.11 Å². The molecule has 0 aromatic heterocycles. The van der Waals surface area contributed by atoms with E-state index in [9.17, 15) is 4.79 Å². The van der Waals surface area contributed by atoms with Gasteiger partial charge in [-0.15, -0.1) is 0 Å². The van der Waals surface area contributed by atoms with Gasteiger partial charge in [-0.3, -0.25) is 0 Å². The summed E-state index contributed by atoms with van der Waals surface area (Å²) in [5.74, 6) is -0.309. The van der Waals surface area contributed by atoms with Crippen LogP contribution in [0.1, 0.15) is 10.4 Å². The van der Waals surface area contributed by atoms with Crippen molar-refractivity contribution in [2.45, 2.75) is 0 Å². The van der Waals surface area contributed by atoms with E-state index >= 15 is 0 Å². The number of carbonyl (C=O) groups excluding carboxylic acids is 1. The number of methoxy groups -OCH3 is 1. The van der Waals surface area contributed by atoms with Crippen LogP contribution in [0.2, 0.25) is 0 Å². The lowest BCUT2D eigenvalue weighted by Crippen LogP contribution is -2.43. The Balaban J connectivity index is 2.37. The zero-order chi connectivity index (χ0) is 13.0. The van der Waals surface area contributed by atoms with Crippen LogP contribution < -0.4 is 15.5 Å². The Labute approximate surface area is 107 Å². The number of carbonyl (C=O) groups is 1. The Kier molecular flexibility index (Phi) is 4.04. The summed E-state index contributed by atoms with van der Waals surface area (Å²) in [6, 6.07) is 5.71. The standard InChI is InChI=1S/C13H19N3O2/c1-14-12-10(13(17)18-2)4-3-5-11(12)16-8-6-15-7-9-16/h3-5,14-15H,6-9H2,1-2H3. The minimum absolute atomic E-state index is 0.309. The fourth-order valence-electron chi connectivity index (χ4n) is 2.25. The maximum Gasteiger partial charge on any atom is 0.340 e. The van der Waals surface area contributed by atoms with Crippen molar-refractivity contribution in [2.75, 3.05) is 50.6 Å². The third kappa shape index (κ3) is 2.41. The summed E-state index contributed by atoms with van der Waals surface area (Å²) >= 11 is 0. The van der Waals surface area contributed by atoms with Crippen LogP contribution in [-0.2, 0) is 4.74 Å². The number of nitrogens with one attached hydrogen (secondary N) is 2. The van der Waals surface area contributed by atoms with Crippen molar-refractivity contribution in [3.63, 3.8) is 0 Å². The van der Waals surface area contributed by atoms with Gasteiger partial charge in [0.25, 0.3) is 0 Å². The number of hydrogen-bond donors (Lipinski definition) is 2. The van der Waals surface area contributed by atoms with Crippen molar-refractivity contribution in [3.8, 4) is 0 Å². The van der Waals surface area contributed by atoms with Crippen molar-refractivity contribution in [1.29, 1.82) is 0 Å². The number of piperazine rings is 1. The van der Waals surface area contributed by atoms with Gasteiger partial charge < -0.3 is 20.3 Å². The molecule has 18 heavy (non-hydrogen) atoms. The fraction of sp³-hybridized carbons (Fsp3) is 0.462. The van der Waals surface area contributed by atoms with Gasteiger partial charge in [0.2, 0.25) is 0 Å². The Morgan fingerprint density at radius 1 is 1.39 bits per heavy atom. The van der Waals surface area contributed by atoms with Crippen molar-refractivity contribution in [1.82, 2.24) is 5.32 Å². The second-order valence-electron chi connectivity index (χ2n) is 4.18. The van der Waals surface area contributed by atoms with Gasteiger partial charge in [-0.25, -0.2) is 4.79 Å². The first-order valence-corrected chi connectivity index (χ1v) is 6.12. The number of rotatable bonds is 3. The molecule has 1 aliphatic heterocycles. The van der Waals surface area contributed by atoms with Crippen molar-refractivity contribution >= 4 is 17.3 Å². The first kappa shape index (κ1) is 12.7. The molecule has 0 unspecified atom stereocenters. The number of anilines is 2. The van der Waals surface area contributed by atoms with Gasteiger partial charge >= 0.3 is 5.97 Å². The quantitative estimate of drug-likeness (QED) is 0.780. The molecular weight excluding hydrogens is 230 g/mol. The maximum absolute atomic E-state index is 11.7. The Morgan fingerprint density at radius 2 is 2.11 bits per heavy atom. The summed E-state index contributed by atoms with van der Waals surface area (Å²) in [5.41, 5.74) is 2.48. The minimum Gasteiger partial charge on any atom is -0.465 e. The Hall–Kier alpha value is -1.75. The second-order valence-corrected chi connectivity index (χ2v) is 4.18. The topological polar surface area (TPSA) is 53.6 Å². The van der Waals surface area contributed by atoms with Crippen LogP contribution in [0.5, 0.6) is 0 Å². The van der Waals surface area contributed by atoms with E-state index in [1.54, 1.807) is 6.07 Å². The molecule has 5 heteroatoms. The van der Waals surface area contributed by atoms with E-state index in [2.05, 4.69) is 15.5 Å². The molecule has 1 aromatic rings. The summed E-state index contributed by atoms with van der Waals surface area (Å²) in [6.07, 6.45) is 0. The van der Waals surface area contributed by atoms with E-state index in [0.29, 0.717) is 5.56 Å². The average Bonchev–Trinajstić information content (AvgIpc) is 2.46. The predicted molar refractivity (Wildman–Crippen MR) is 72.4 cm³/mol. The van der Waals surface area contributed by atoms with Gasteiger partial charge in [-0.05, 0) is 12.1 Å². The molecule has 0 saturated carbocycles. The monoisotopic (exact) mass is 249 g/mol. The van der Waals surface area contributed by atoms with E-state index in [1.807, 2.05) is 19.2 Å². The van der Waals surface area contributed by atoms with Crippen LogP contribution in [0.3, 0.4) is 0 Å². The van der Waals surface area contributed by atoms with E-state index < -0.39 is 0 Å². The number of ether oxygens (including phenoxy) is 1. The molecule has 0 aliphatic carbocycles. The molecule has 1 fully saturated rings. The van der Waals surface area contributed by atoms with Crippen molar-refractivity contribution < 1.29 is 9.53 Å². The third-order valence-electron chi connectivity index (χ3n) is 3.16. The largest absolute Gasteiger partial charge is 0.465 e. The number of benzene rings is 1. The SMILES string of the molecule is CNc1c(C(=O)OC)cccc1N1CCNCC1. The molecule has 2 rings (SSSR count). The highest BCUT2D eigenvalue weighted by Crippen LogP contribution is 2.30. The smallest absolute Gasteiger partial charge is 0.340 e. The van der Waals surface area contributed by atoms with Crippen LogP contribution in [0.4, 0.5) is 11.4 Å². The Bertz CT molecular complexity index is 428. The lowest BCUT2D eigenvalue weighted by molar-refractivity contribution is 0.0602. The summed E-state index contributed by atoms with van der Waals surface area (Å²) in [4.78, 5) is 14.0. The summed E-state index contributed by atoms with van der Waals surface area (Å²) in [6.45, 7) is 3.82. The van der Waals surface area contributed by atoms with Crippen LogP contribution in [-0.4, -0.2) is 46.3 Å². The number of nitrogens with zero attached hydrogens (tertiary/aromatic N) is 1. The molecule has 98 valence electrons. The molecule has 0 spiro atoms. The highest BCUT2D eigenvalue weighted by Gasteiger charge is 2.19. The zero-order valence-corrected chi connectivity index (χ0v) is 10.8. The molecule has 5 nitrogen and oxygen atoms in total. The predicted octanol–water partition coefficient (Wildman–Crippen LogP) is 0.924. The fourth-order valence-corrected chi connectivity index (χ4v) is 2.25. The van der Waals surface area contributed by atoms with E-state index in [4.69, 9.17) is 4.74 Å². The van der Waals surface area contributed by atoms with E-state index in [-0.39, 0.29) is 5.97 Å². The first-order valence-electron chi connectivity index (χ1n) is 6.12. The second kappa shape index (κ2) is 5.73. The van der Waals surface area contributed by atoms with Gasteiger partial charge in [0.15, 0.2) is 0 Å². The number of para-hydroxylation sites is 1. The normalized spacial score (nSPS) is 15.3. The van der Waals surface area contributed by atoms with Crippen LogP contribution in [0.25, 0.3) is 0 Å². The highest BCUT2D eigenvalue weighted by atomic mass is 16.5. The summed E-state index contributed by atoms with van der Waals surface area (Å²) < 4.78 is 4.81. The molecule has 0 atom stereocenters. The van der Waals surface area contributed by atoms with Crippen molar-refractivity contribution in [3.05, 3.63) is 23.8 Å². The van der Waals surface area contributed by atoms with Gasteiger partial charge in [0.05, 0.1) is 24.0 Å². The molecule has 0 amide bonds. The number of esters is 1. The van der Waals surface area contributed by atoms with Crippen LogP contribution >= 0.6 is 0 Å².